The summed E-state index contributed by atoms with van der Waals surface area (Å²) in [7, 11) is 4.17. The van der Waals surface area contributed by atoms with Crippen molar-refractivity contribution in [2.45, 2.75) is 32.7 Å². The maximum Gasteiger partial charge on any atom is 0.146 e. The minimum atomic E-state index is 0.368. The highest BCUT2D eigenvalue weighted by Gasteiger charge is 2.10. The van der Waals surface area contributed by atoms with Crippen LogP contribution in [-0.4, -0.2) is 48.1 Å². The van der Waals surface area contributed by atoms with E-state index in [0.29, 0.717) is 6.04 Å². The van der Waals surface area contributed by atoms with Gasteiger partial charge in [0.15, 0.2) is 0 Å². The van der Waals surface area contributed by atoms with Gasteiger partial charge in [0.1, 0.15) is 22.4 Å². The van der Waals surface area contributed by atoms with E-state index in [9.17, 15) is 0 Å². The first-order chi connectivity index (χ1) is 9.04. The summed E-state index contributed by atoms with van der Waals surface area (Å²) in [4.78, 5) is 10.7. The van der Waals surface area contributed by atoms with E-state index in [1.807, 2.05) is 0 Å². The molecule has 0 saturated heterocycles. The molecule has 0 amide bonds. The highest BCUT2D eigenvalue weighted by atomic mass is 79.9. The van der Waals surface area contributed by atoms with Crippen LogP contribution in [0.15, 0.2) is 10.8 Å². The fourth-order valence-electron chi connectivity index (χ4n) is 1.59. The molecule has 0 aliphatic rings. The minimum absolute atomic E-state index is 0.368. The Balaban J connectivity index is 2.62. The predicted octanol–water partition coefficient (Wildman–Crippen LogP) is 2.81. The van der Waals surface area contributed by atoms with Crippen molar-refractivity contribution >= 4 is 27.6 Å². The van der Waals surface area contributed by atoms with Gasteiger partial charge < -0.3 is 15.5 Å². The topological polar surface area (TPSA) is 53.1 Å². The third kappa shape index (κ3) is 5.74. The Hall–Kier alpha value is -0.880. The summed E-state index contributed by atoms with van der Waals surface area (Å²) in [5.74, 6) is 1.69. The summed E-state index contributed by atoms with van der Waals surface area (Å²) in [5.41, 5.74) is 0. The van der Waals surface area contributed by atoms with E-state index in [0.717, 1.165) is 42.0 Å². The Kier molecular flexibility index (Phi) is 7.09. The SMILES string of the molecule is CCCNc1ncnc(NC(C)CCN(C)C)c1Br. The van der Waals surface area contributed by atoms with Gasteiger partial charge in [-0.15, -0.1) is 0 Å². The molecule has 0 radical (unpaired) electrons. The second-order valence-electron chi connectivity index (χ2n) is 4.95. The second kappa shape index (κ2) is 8.32. The molecule has 1 aromatic rings. The number of halogens is 1. The van der Waals surface area contributed by atoms with E-state index >= 15 is 0 Å². The van der Waals surface area contributed by atoms with Gasteiger partial charge in [0, 0.05) is 12.6 Å². The summed E-state index contributed by atoms with van der Waals surface area (Å²) in [6.45, 7) is 6.25. The fourth-order valence-corrected chi connectivity index (χ4v) is 2.05. The highest BCUT2D eigenvalue weighted by molar-refractivity contribution is 9.10. The third-order valence-electron chi connectivity index (χ3n) is 2.72. The third-order valence-corrected chi connectivity index (χ3v) is 3.48. The van der Waals surface area contributed by atoms with Crippen molar-refractivity contribution in [1.29, 1.82) is 0 Å². The van der Waals surface area contributed by atoms with Gasteiger partial charge in [-0.3, -0.25) is 0 Å². The lowest BCUT2D eigenvalue weighted by Gasteiger charge is -2.18. The molecule has 1 rings (SSSR count). The molecule has 2 N–H and O–H groups in total. The van der Waals surface area contributed by atoms with Crippen LogP contribution in [0.4, 0.5) is 11.6 Å². The summed E-state index contributed by atoms with van der Waals surface area (Å²) < 4.78 is 0.903. The first-order valence-corrected chi connectivity index (χ1v) is 7.49. The quantitative estimate of drug-likeness (QED) is 0.768. The zero-order valence-corrected chi connectivity index (χ0v) is 13.8. The Bertz CT molecular complexity index is 383. The summed E-state index contributed by atoms with van der Waals surface area (Å²) in [6, 6.07) is 0.368. The van der Waals surface area contributed by atoms with Crippen molar-refractivity contribution < 1.29 is 0 Å². The maximum absolute atomic E-state index is 4.29. The molecule has 0 aromatic carbocycles. The first-order valence-electron chi connectivity index (χ1n) is 6.70. The van der Waals surface area contributed by atoms with E-state index in [2.05, 4.69) is 69.4 Å². The van der Waals surface area contributed by atoms with Crippen LogP contribution < -0.4 is 10.6 Å². The van der Waals surface area contributed by atoms with Crippen LogP contribution in [0, 0.1) is 0 Å². The standard InChI is InChI=1S/C13H24BrN5/c1-5-7-15-12-11(14)13(17-9-16-12)18-10(2)6-8-19(3)4/h9-10H,5-8H2,1-4H3,(H2,15,16,17,18). The van der Waals surface area contributed by atoms with E-state index in [4.69, 9.17) is 0 Å². The minimum Gasteiger partial charge on any atom is -0.369 e. The van der Waals surface area contributed by atoms with Gasteiger partial charge in [0.2, 0.25) is 0 Å². The van der Waals surface area contributed by atoms with Crippen molar-refractivity contribution in [2.75, 3.05) is 37.8 Å². The Labute approximate surface area is 124 Å². The molecule has 0 fully saturated rings. The maximum atomic E-state index is 4.29. The number of hydrogen-bond donors (Lipinski definition) is 2. The molecule has 0 bridgehead atoms. The highest BCUT2D eigenvalue weighted by Crippen LogP contribution is 2.27. The lowest BCUT2D eigenvalue weighted by molar-refractivity contribution is 0.390. The molecular weight excluding hydrogens is 306 g/mol. The smallest absolute Gasteiger partial charge is 0.146 e. The Morgan fingerprint density at radius 2 is 2.00 bits per heavy atom. The van der Waals surface area contributed by atoms with Crippen LogP contribution in [0.2, 0.25) is 0 Å². The zero-order valence-electron chi connectivity index (χ0n) is 12.2. The zero-order chi connectivity index (χ0) is 14.3. The average Bonchev–Trinajstić information content (AvgIpc) is 2.37. The van der Waals surface area contributed by atoms with Crippen molar-refractivity contribution in [3.63, 3.8) is 0 Å². The molecular formula is C13H24BrN5. The molecule has 0 aliphatic heterocycles. The van der Waals surface area contributed by atoms with Crippen LogP contribution >= 0.6 is 15.9 Å². The van der Waals surface area contributed by atoms with Crippen LogP contribution in [0.3, 0.4) is 0 Å². The molecule has 1 atom stereocenters. The second-order valence-corrected chi connectivity index (χ2v) is 5.74. The monoisotopic (exact) mass is 329 g/mol. The molecule has 0 aliphatic carbocycles. The normalized spacial score (nSPS) is 12.5. The van der Waals surface area contributed by atoms with Crippen molar-refractivity contribution in [3.05, 3.63) is 10.8 Å². The molecule has 19 heavy (non-hydrogen) atoms. The van der Waals surface area contributed by atoms with Crippen LogP contribution in [0.5, 0.6) is 0 Å². The van der Waals surface area contributed by atoms with Crippen LogP contribution in [0.1, 0.15) is 26.7 Å². The van der Waals surface area contributed by atoms with Gasteiger partial charge in [0.05, 0.1) is 0 Å². The number of nitrogens with one attached hydrogen (secondary N) is 2. The summed E-state index contributed by atoms with van der Waals surface area (Å²) in [5, 5.41) is 6.70. The lowest BCUT2D eigenvalue weighted by Crippen LogP contribution is -2.23. The number of hydrogen-bond acceptors (Lipinski definition) is 5. The number of rotatable bonds is 8. The molecule has 0 saturated carbocycles. The van der Waals surface area contributed by atoms with E-state index in [-0.39, 0.29) is 0 Å². The van der Waals surface area contributed by atoms with Gasteiger partial charge in [-0.25, -0.2) is 9.97 Å². The molecule has 0 spiro atoms. The molecule has 1 unspecified atom stereocenters. The van der Waals surface area contributed by atoms with Crippen LogP contribution in [0.25, 0.3) is 0 Å². The van der Waals surface area contributed by atoms with Crippen molar-refractivity contribution in [3.8, 4) is 0 Å². The van der Waals surface area contributed by atoms with Crippen molar-refractivity contribution in [1.82, 2.24) is 14.9 Å². The molecule has 6 heteroatoms. The van der Waals surface area contributed by atoms with Gasteiger partial charge in [-0.05, 0) is 56.3 Å². The molecule has 5 nitrogen and oxygen atoms in total. The molecule has 108 valence electrons. The predicted molar refractivity (Wildman–Crippen MR) is 84.8 cm³/mol. The van der Waals surface area contributed by atoms with Gasteiger partial charge in [0.25, 0.3) is 0 Å². The van der Waals surface area contributed by atoms with E-state index in [1.54, 1.807) is 6.33 Å². The Morgan fingerprint density at radius 1 is 1.32 bits per heavy atom. The van der Waals surface area contributed by atoms with Gasteiger partial charge in [-0.1, -0.05) is 6.92 Å². The number of aromatic nitrogens is 2. The van der Waals surface area contributed by atoms with Crippen LogP contribution in [-0.2, 0) is 0 Å². The summed E-state index contributed by atoms with van der Waals surface area (Å²) >= 11 is 3.56. The summed E-state index contributed by atoms with van der Waals surface area (Å²) in [6.07, 6.45) is 3.73. The van der Waals surface area contributed by atoms with Gasteiger partial charge >= 0.3 is 0 Å². The largest absolute Gasteiger partial charge is 0.369 e. The average molecular weight is 330 g/mol. The lowest BCUT2D eigenvalue weighted by atomic mass is 10.2. The number of nitrogens with zero attached hydrogens (tertiary/aromatic N) is 3. The van der Waals surface area contributed by atoms with Crippen molar-refractivity contribution in [2.24, 2.45) is 0 Å². The number of anilines is 2. The van der Waals surface area contributed by atoms with E-state index < -0.39 is 0 Å². The first kappa shape index (κ1) is 16.2. The van der Waals surface area contributed by atoms with E-state index in [1.165, 1.54) is 0 Å². The van der Waals surface area contributed by atoms with Gasteiger partial charge in [-0.2, -0.15) is 0 Å². The molecule has 1 aromatic heterocycles. The molecule has 1 heterocycles. The fraction of sp³-hybridized carbons (Fsp3) is 0.692. The Morgan fingerprint density at radius 3 is 2.63 bits per heavy atom.